The van der Waals surface area contributed by atoms with Gasteiger partial charge in [0.2, 0.25) is 0 Å². The third-order valence-electron chi connectivity index (χ3n) is 4.32. The van der Waals surface area contributed by atoms with E-state index in [0.29, 0.717) is 18.8 Å². The number of fused-ring (bicyclic) bond motifs is 1. The number of carbonyl (C=O) groups is 1. The molecule has 3 N–H and O–H groups in total. The molecule has 2 aliphatic heterocycles. The Morgan fingerprint density at radius 2 is 2.21 bits per heavy atom. The number of benzene rings is 1. The van der Waals surface area contributed by atoms with Crippen LogP contribution in [0.4, 0.5) is 5.69 Å². The topological polar surface area (TPSA) is 88.3 Å². The number of nitrogens with zero attached hydrogens (tertiary/aromatic N) is 1. The third-order valence-corrected chi connectivity index (χ3v) is 4.32. The number of amides is 1. The fourth-order valence-electron chi connectivity index (χ4n) is 3.02. The smallest absolute Gasteiger partial charge is 0.276 e. The molecule has 1 aromatic carbocycles. The predicted molar refractivity (Wildman–Crippen MR) is 88.2 cm³/mol. The normalized spacial score (nSPS) is 19.8. The molecule has 1 saturated heterocycles. The van der Waals surface area contributed by atoms with Crippen LogP contribution in [0.25, 0.3) is 0 Å². The van der Waals surface area contributed by atoms with E-state index in [4.69, 9.17) is 9.47 Å². The van der Waals surface area contributed by atoms with Crippen LogP contribution < -0.4 is 15.4 Å². The highest BCUT2D eigenvalue weighted by molar-refractivity contribution is 6.04. The highest BCUT2D eigenvalue weighted by atomic mass is 16.5. The van der Waals surface area contributed by atoms with Crippen molar-refractivity contribution in [3.8, 4) is 5.75 Å². The van der Waals surface area contributed by atoms with E-state index in [0.717, 1.165) is 48.7 Å². The fraction of sp³-hybridized carbons (Fsp3) is 0.412. The summed E-state index contributed by atoms with van der Waals surface area (Å²) in [5, 5.41) is 13.3. The van der Waals surface area contributed by atoms with Gasteiger partial charge < -0.3 is 20.1 Å². The van der Waals surface area contributed by atoms with Crippen LogP contribution in [0.1, 0.15) is 28.2 Å². The number of hydrogen-bond acceptors (Lipinski definition) is 5. The summed E-state index contributed by atoms with van der Waals surface area (Å²) < 4.78 is 11.1. The number of H-pyrrole nitrogens is 1. The van der Waals surface area contributed by atoms with Crippen molar-refractivity contribution in [1.29, 1.82) is 0 Å². The maximum atomic E-state index is 12.4. The Morgan fingerprint density at radius 3 is 3.00 bits per heavy atom. The number of hydrogen-bond donors (Lipinski definition) is 3. The number of ether oxygens (including phenoxy) is 2. The summed E-state index contributed by atoms with van der Waals surface area (Å²) in [5.74, 6) is 0.582. The number of carbonyl (C=O) groups excluding carboxylic acids is 1. The Bertz CT molecular complexity index is 720. The lowest BCUT2D eigenvalue weighted by Crippen LogP contribution is -2.25. The molecule has 7 nitrogen and oxygen atoms in total. The maximum absolute atomic E-state index is 12.4. The van der Waals surface area contributed by atoms with Crippen LogP contribution in [-0.2, 0) is 17.7 Å². The molecule has 2 aromatic rings. The zero-order valence-corrected chi connectivity index (χ0v) is 13.3. The summed E-state index contributed by atoms with van der Waals surface area (Å²) in [5.41, 5.74) is 3.18. The van der Waals surface area contributed by atoms with E-state index in [9.17, 15) is 4.79 Å². The van der Waals surface area contributed by atoms with Gasteiger partial charge in [-0.15, -0.1) is 0 Å². The molecule has 1 unspecified atom stereocenters. The van der Waals surface area contributed by atoms with E-state index in [1.54, 1.807) is 0 Å². The molecule has 0 bridgehead atoms. The first-order valence-corrected chi connectivity index (χ1v) is 8.22. The third kappa shape index (κ3) is 3.13. The molecule has 1 aromatic heterocycles. The van der Waals surface area contributed by atoms with Crippen molar-refractivity contribution in [1.82, 2.24) is 15.5 Å². The molecule has 1 atom stereocenters. The van der Waals surface area contributed by atoms with E-state index in [-0.39, 0.29) is 12.0 Å². The van der Waals surface area contributed by atoms with Gasteiger partial charge in [-0.25, -0.2) is 0 Å². The molecular formula is C17H20N4O3. The van der Waals surface area contributed by atoms with Gasteiger partial charge in [0.15, 0.2) is 5.69 Å². The molecule has 24 heavy (non-hydrogen) atoms. The highest BCUT2D eigenvalue weighted by Gasteiger charge is 2.21. The Hall–Kier alpha value is -2.38. The molecular weight excluding hydrogens is 308 g/mol. The standard InChI is InChI=1S/C17H20N4O3/c22-17(16-14-9-18-7-5-15(14)20-21-16)19-11-1-3-12(4-2-11)24-13-6-8-23-10-13/h1-4,13,18H,5-10H2,(H,19,22)(H,20,21). The molecule has 126 valence electrons. The van der Waals surface area contributed by atoms with Crippen LogP contribution in [0.3, 0.4) is 0 Å². The molecule has 0 aliphatic carbocycles. The minimum Gasteiger partial charge on any atom is -0.488 e. The van der Waals surface area contributed by atoms with E-state index < -0.39 is 0 Å². The Kier molecular flexibility index (Phi) is 4.18. The van der Waals surface area contributed by atoms with Crippen LogP contribution in [-0.4, -0.2) is 42.0 Å². The van der Waals surface area contributed by atoms with Crippen molar-refractivity contribution in [3.05, 3.63) is 41.2 Å². The van der Waals surface area contributed by atoms with Gasteiger partial charge in [-0.3, -0.25) is 9.89 Å². The first kappa shape index (κ1) is 15.2. The summed E-state index contributed by atoms with van der Waals surface area (Å²) in [7, 11) is 0. The molecule has 0 radical (unpaired) electrons. The molecule has 0 spiro atoms. The molecule has 4 rings (SSSR count). The average Bonchev–Trinajstić information content (AvgIpc) is 3.26. The Balaban J connectivity index is 1.41. The van der Waals surface area contributed by atoms with Gasteiger partial charge in [0.05, 0.1) is 13.2 Å². The second kappa shape index (κ2) is 6.62. The summed E-state index contributed by atoms with van der Waals surface area (Å²) >= 11 is 0. The first-order chi connectivity index (χ1) is 11.8. The summed E-state index contributed by atoms with van der Waals surface area (Å²) in [6, 6.07) is 7.38. The number of aromatic nitrogens is 2. The summed E-state index contributed by atoms with van der Waals surface area (Å²) in [6.45, 7) is 2.97. The highest BCUT2D eigenvalue weighted by Crippen LogP contribution is 2.21. The molecule has 1 amide bonds. The number of aromatic amines is 1. The van der Waals surface area contributed by atoms with Crippen LogP contribution in [0.5, 0.6) is 5.75 Å². The lowest BCUT2D eigenvalue weighted by molar-refractivity contribution is 0.102. The molecule has 0 saturated carbocycles. The number of nitrogens with one attached hydrogen (secondary N) is 3. The summed E-state index contributed by atoms with van der Waals surface area (Å²) in [6.07, 6.45) is 1.90. The Labute approximate surface area is 139 Å². The van der Waals surface area contributed by atoms with Crippen molar-refractivity contribution < 1.29 is 14.3 Å². The minimum atomic E-state index is -0.200. The summed E-state index contributed by atoms with van der Waals surface area (Å²) in [4.78, 5) is 12.4. The van der Waals surface area contributed by atoms with Crippen LogP contribution >= 0.6 is 0 Å². The van der Waals surface area contributed by atoms with Crippen molar-refractivity contribution >= 4 is 11.6 Å². The second-order valence-corrected chi connectivity index (χ2v) is 6.04. The SMILES string of the molecule is O=C(Nc1ccc(OC2CCOC2)cc1)c1n[nH]c2c1CNCC2. The predicted octanol–water partition coefficient (Wildman–Crippen LogP) is 1.48. The van der Waals surface area contributed by atoms with Crippen molar-refractivity contribution in [2.75, 3.05) is 25.1 Å². The number of anilines is 1. The van der Waals surface area contributed by atoms with Gasteiger partial charge in [0.25, 0.3) is 5.91 Å². The van der Waals surface area contributed by atoms with Gasteiger partial charge in [0.1, 0.15) is 11.9 Å². The maximum Gasteiger partial charge on any atom is 0.276 e. The van der Waals surface area contributed by atoms with Gasteiger partial charge in [0, 0.05) is 42.9 Å². The molecule has 1 fully saturated rings. The average molecular weight is 328 g/mol. The first-order valence-electron chi connectivity index (χ1n) is 8.22. The largest absolute Gasteiger partial charge is 0.488 e. The second-order valence-electron chi connectivity index (χ2n) is 6.04. The van der Waals surface area contributed by atoms with E-state index in [2.05, 4.69) is 20.8 Å². The van der Waals surface area contributed by atoms with Gasteiger partial charge >= 0.3 is 0 Å². The van der Waals surface area contributed by atoms with Gasteiger partial charge in [-0.1, -0.05) is 0 Å². The molecule has 7 heteroatoms. The quantitative estimate of drug-likeness (QED) is 0.791. The fourth-order valence-corrected chi connectivity index (χ4v) is 3.02. The van der Waals surface area contributed by atoms with Crippen LogP contribution in [0, 0.1) is 0 Å². The lowest BCUT2D eigenvalue weighted by Gasteiger charge is -2.13. The Morgan fingerprint density at radius 1 is 1.33 bits per heavy atom. The monoisotopic (exact) mass is 328 g/mol. The lowest BCUT2D eigenvalue weighted by atomic mass is 10.1. The van der Waals surface area contributed by atoms with Crippen molar-refractivity contribution in [2.45, 2.75) is 25.5 Å². The van der Waals surface area contributed by atoms with Crippen molar-refractivity contribution in [3.63, 3.8) is 0 Å². The van der Waals surface area contributed by atoms with Crippen LogP contribution in [0.2, 0.25) is 0 Å². The van der Waals surface area contributed by atoms with Gasteiger partial charge in [-0.05, 0) is 24.3 Å². The molecule has 2 aliphatic rings. The van der Waals surface area contributed by atoms with Crippen LogP contribution in [0.15, 0.2) is 24.3 Å². The minimum absolute atomic E-state index is 0.119. The molecule has 3 heterocycles. The zero-order chi connectivity index (χ0) is 16.4. The van der Waals surface area contributed by atoms with Crippen molar-refractivity contribution in [2.24, 2.45) is 0 Å². The zero-order valence-electron chi connectivity index (χ0n) is 13.3. The van der Waals surface area contributed by atoms with Gasteiger partial charge in [-0.2, -0.15) is 5.10 Å². The van der Waals surface area contributed by atoms with E-state index >= 15 is 0 Å². The van der Waals surface area contributed by atoms with E-state index in [1.807, 2.05) is 24.3 Å². The van der Waals surface area contributed by atoms with E-state index in [1.165, 1.54) is 0 Å². The number of rotatable bonds is 4.